The third-order valence-corrected chi connectivity index (χ3v) is 4.82. The molecule has 8 heteroatoms. The molecule has 1 aliphatic carbocycles. The highest BCUT2D eigenvalue weighted by Crippen LogP contribution is 2.23. The molecule has 1 saturated carbocycles. The van der Waals surface area contributed by atoms with E-state index >= 15 is 0 Å². The molecule has 7 nitrogen and oxygen atoms in total. The minimum Gasteiger partial charge on any atom is -0.393 e. The lowest BCUT2D eigenvalue weighted by Crippen LogP contribution is -2.36. The van der Waals surface area contributed by atoms with Crippen LogP contribution in [0, 0.1) is 5.92 Å². The van der Waals surface area contributed by atoms with Crippen molar-refractivity contribution in [1.29, 1.82) is 0 Å². The molecule has 2 atom stereocenters. The SMILES string of the molecule is Cl.O=C(NCC1CCCCC1O)c1cn(C2CCNCC2)nn1. The van der Waals surface area contributed by atoms with Crippen LogP contribution in [-0.2, 0) is 0 Å². The lowest BCUT2D eigenvalue weighted by molar-refractivity contribution is 0.0661. The van der Waals surface area contributed by atoms with Crippen molar-refractivity contribution in [2.75, 3.05) is 19.6 Å². The molecule has 1 aromatic rings. The van der Waals surface area contributed by atoms with Crippen LogP contribution in [0.5, 0.6) is 0 Å². The summed E-state index contributed by atoms with van der Waals surface area (Å²) in [5, 5.41) is 24.2. The Labute approximate surface area is 142 Å². The molecule has 2 unspecified atom stereocenters. The first-order chi connectivity index (χ1) is 10.7. The van der Waals surface area contributed by atoms with Gasteiger partial charge < -0.3 is 15.7 Å². The summed E-state index contributed by atoms with van der Waals surface area (Å²) >= 11 is 0. The van der Waals surface area contributed by atoms with Crippen molar-refractivity contribution in [3.63, 3.8) is 0 Å². The van der Waals surface area contributed by atoms with Crippen LogP contribution >= 0.6 is 12.4 Å². The lowest BCUT2D eigenvalue weighted by Gasteiger charge is -2.27. The van der Waals surface area contributed by atoms with E-state index in [-0.39, 0.29) is 30.3 Å². The van der Waals surface area contributed by atoms with Gasteiger partial charge in [0.25, 0.3) is 5.91 Å². The molecule has 2 fully saturated rings. The Hall–Kier alpha value is -1.18. The number of nitrogens with one attached hydrogen (secondary N) is 2. The Morgan fingerprint density at radius 1 is 1.30 bits per heavy atom. The maximum atomic E-state index is 12.2. The second-order valence-electron chi connectivity index (χ2n) is 6.39. The summed E-state index contributed by atoms with van der Waals surface area (Å²) in [5.41, 5.74) is 0.365. The molecule has 3 rings (SSSR count). The largest absolute Gasteiger partial charge is 0.393 e. The van der Waals surface area contributed by atoms with Crippen LogP contribution in [0.1, 0.15) is 55.1 Å². The number of amides is 1. The fourth-order valence-electron chi connectivity index (χ4n) is 3.37. The molecular formula is C15H26ClN5O2. The topological polar surface area (TPSA) is 92.1 Å². The second-order valence-corrected chi connectivity index (χ2v) is 6.39. The molecule has 1 saturated heterocycles. The molecular weight excluding hydrogens is 318 g/mol. The zero-order valence-corrected chi connectivity index (χ0v) is 14.1. The average Bonchev–Trinajstić information content (AvgIpc) is 3.05. The molecule has 0 aromatic carbocycles. The van der Waals surface area contributed by atoms with Crippen LogP contribution in [-0.4, -0.2) is 51.7 Å². The van der Waals surface area contributed by atoms with Gasteiger partial charge in [0, 0.05) is 12.5 Å². The number of hydrogen-bond acceptors (Lipinski definition) is 5. The Kier molecular flexibility index (Phi) is 6.80. The van der Waals surface area contributed by atoms with Crippen molar-refractivity contribution < 1.29 is 9.90 Å². The predicted octanol–water partition coefficient (Wildman–Crippen LogP) is 0.905. The van der Waals surface area contributed by atoms with Crippen LogP contribution < -0.4 is 10.6 Å². The van der Waals surface area contributed by atoms with Gasteiger partial charge in [0.2, 0.25) is 0 Å². The van der Waals surface area contributed by atoms with Crippen molar-refractivity contribution in [2.45, 2.75) is 50.7 Å². The van der Waals surface area contributed by atoms with E-state index in [2.05, 4.69) is 20.9 Å². The average molecular weight is 344 g/mol. The summed E-state index contributed by atoms with van der Waals surface area (Å²) in [6.45, 7) is 2.47. The summed E-state index contributed by atoms with van der Waals surface area (Å²) in [6, 6.07) is 0.329. The van der Waals surface area contributed by atoms with Crippen molar-refractivity contribution in [1.82, 2.24) is 25.6 Å². The number of rotatable bonds is 4. The molecule has 3 N–H and O–H groups in total. The second kappa shape index (κ2) is 8.61. The van der Waals surface area contributed by atoms with Crippen LogP contribution in [0.15, 0.2) is 6.20 Å². The van der Waals surface area contributed by atoms with E-state index in [1.54, 1.807) is 6.20 Å². The zero-order valence-electron chi connectivity index (χ0n) is 13.3. The molecule has 1 aliphatic heterocycles. The van der Waals surface area contributed by atoms with E-state index in [0.717, 1.165) is 51.6 Å². The van der Waals surface area contributed by atoms with E-state index < -0.39 is 0 Å². The monoisotopic (exact) mass is 343 g/mol. The van der Waals surface area contributed by atoms with Crippen LogP contribution in [0.25, 0.3) is 0 Å². The third-order valence-electron chi connectivity index (χ3n) is 4.82. The van der Waals surface area contributed by atoms with Crippen LogP contribution in [0.2, 0.25) is 0 Å². The summed E-state index contributed by atoms with van der Waals surface area (Å²) < 4.78 is 1.81. The van der Waals surface area contributed by atoms with E-state index in [1.807, 2.05) is 4.68 Å². The third kappa shape index (κ3) is 4.65. The van der Waals surface area contributed by atoms with Gasteiger partial charge in [-0.25, -0.2) is 4.68 Å². The Balaban J connectivity index is 0.00000192. The number of hydrogen-bond donors (Lipinski definition) is 3. The predicted molar refractivity (Wildman–Crippen MR) is 88.7 cm³/mol. The number of aromatic nitrogens is 3. The standard InChI is InChI=1S/C15H25N5O2.ClH/c21-14-4-2-1-3-11(14)9-17-15(22)13-10-20(19-18-13)12-5-7-16-8-6-12;/h10-12,14,16,21H,1-9H2,(H,17,22);1H. The fraction of sp³-hybridized carbons (Fsp3) is 0.800. The first-order valence-corrected chi connectivity index (χ1v) is 8.33. The normalized spacial score (nSPS) is 25.6. The quantitative estimate of drug-likeness (QED) is 0.755. The lowest BCUT2D eigenvalue weighted by atomic mass is 9.86. The molecule has 0 radical (unpaired) electrons. The Morgan fingerprint density at radius 3 is 2.78 bits per heavy atom. The molecule has 0 bridgehead atoms. The van der Waals surface area contributed by atoms with Gasteiger partial charge in [0.15, 0.2) is 5.69 Å². The maximum Gasteiger partial charge on any atom is 0.273 e. The van der Waals surface area contributed by atoms with Gasteiger partial charge in [-0.2, -0.15) is 0 Å². The van der Waals surface area contributed by atoms with Gasteiger partial charge >= 0.3 is 0 Å². The molecule has 23 heavy (non-hydrogen) atoms. The number of carbonyl (C=O) groups excluding carboxylic acids is 1. The van der Waals surface area contributed by atoms with Crippen molar-refractivity contribution in [2.24, 2.45) is 5.92 Å². The van der Waals surface area contributed by atoms with Gasteiger partial charge in [-0.1, -0.05) is 18.1 Å². The van der Waals surface area contributed by atoms with Crippen molar-refractivity contribution >= 4 is 18.3 Å². The Morgan fingerprint density at radius 2 is 2.04 bits per heavy atom. The summed E-state index contributed by atoms with van der Waals surface area (Å²) in [7, 11) is 0. The molecule has 1 aromatic heterocycles. The molecule has 1 amide bonds. The van der Waals surface area contributed by atoms with E-state index in [1.165, 1.54) is 0 Å². The first kappa shape index (κ1) is 18.2. The highest BCUT2D eigenvalue weighted by atomic mass is 35.5. The number of piperidine rings is 1. The minimum atomic E-state index is -0.292. The van der Waals surface area contributed by atoms with Crippen molar-refractivity contribution in [3.8, 4) is 0 Å². The number of aliphatic hydroxyl groups excluding tert-OH is 1. The maximum absolute atomic E-state index is 12.2. The summed E-state index contributed by atoms with van der Waals surface area (Å²) in [5.74, 6) is -0.0323. The van der Waals surface area contributed by atoms with E-state index in [4.69, 9.17) is 0 Å². The number of aliphatic hydroxyl groups is 1. The molecule has 2 aliphatic rings. The van der Waals surface area contributed by atoms with Gasteiger partial charge in [0.05, 0.1) is 18.3 Å². The van der Waals surface area contributed by atoms with Gasteiger partial charge in [-0.3, -0.25) is 4.79 Å². The highest BCUT2D eigenvalue weighted by Gasteiger charge is 2.24. The summed E-state index contributed by atoms with van der Waals surface area (Å²) in [6.07, 6.45) is 7.49. The molecule has 130 valence electrons. The zero-order chi connectivity index (χ0) is 15.4. The summed E-state index contributed by atoms with van der Waals surface area (Å²) in [4.78, 5) is 12.2. The van der Waals surface area contributed by atoms with Crippen LogP contribution in [0.3, 0.4) is 0 Å². The molecule has 2 heterocycles. The van der Waals surface area contributed by atoms with Gasteiger partial charge in [-0.05, 0) is 38.8 Å². The Bertz CT molecular complexity index is 504. The van der Waals surface area contributed by atoms with E-state index in [9.17, 15) is 9.90 Å². The fourth-order valence-corrected chi connectivity index (χ4v) is 3.37. The van der Waals surface area contributed by atoms with Gasteiger partial charge in [0.1, 0.15) is 0 Å². The smallest absolute Gasteiger partial charge is 0.273 e. The van der Waals surface area contributed by atoms with Crippen LogP contribution in [0.4, 0.5) is 0 Å². The minimum absolute atomic E-state index is 0. The highest BCUT2D eigenvalue weighted by molar-refractivity contribution is 5.91. The first-order valence-electron chi connectivity index (χ1n) is 8.33. The van der Waals surface area contributed by atoms with Gasteiger partial charge in [-0.15, -0.1) is 17.5 Å². The van der Waals surface area contributed by atoms with E-state index in [0.29, 0.717) is 18.3 Å². The van der Waals surface area contributed by atoms with Crippen molar-refractivity contribution in [3.05, 3.63) is 11.9 Å². The number of nitrogens with zero attached hydrogens (tertiary/aromatic N) is 3. The number of carbonyl (C=O) groups is 1. The number of halogens is 1. The molecule has 0 spiro atoms.